The minimum Gasteiger partial charge on any atom is -0.324 e. The van der Waals surface area contributed by atoms with Crippen molar-refractivity contribution in [2.75, 3.05) is 5.32 Å². The van der Waals surface area contributed by atoms with E-state index in [1.807, 2.05) is 6.07 Å². The fraction of sp³-hybridized carbons (Fsp3) is 0. The minimum absolute atomic E-state index is 0.111. The van der Waals surface area contributed by atoms with Gasteiger partial charge >= 0.3 is 0 Å². The largest absolute Gasteiger partial charge is 0.324 e. The highest BCUT2D eigenvalue weighted by molar-refractivity contribution is 6.09. The quantitative estimate of drug-likeness (QED) is 0.719. The Bertz CT molecular complexity index is 929. The molecule has 0 unspecified atom stereocenters. The third kappa shape index (κ3) is 3.42. The zero-order chi connectivity index (χ0) is 16.9. The van der Waals surface area contributed by atoms with E-state index >= 15 is 0 Å². The molecule has 0 aliphatic rings. The van der Waals surface area contributed by atoms with Crippen molar-refractivity contribution in [2.45, 2.75) is 0 Å². The molecule has 2 N–H and O–H groups in total. The van der Waals surface area contributed by atoms with E-state index < -0.39 is 5.82 Å². The van der Waals surface area contributed by atoms with E-state index in [0.29, 0.717) is 22.8 Å². The van der Waals surface area contributed by atoms with Gasteiger partial charge in [0.15, 0.2) is 0 Å². The van der Waals surface area contributed by atoms with Crippen molar-refractivity contribution in [1.82, 2.24) is 9.97 Å². The first kappa shape index (κ1) is 15.3. The Labute approximate surface area is 138 Å². The molecule has 0 aliphatic carbocycles. The summed E-state index contributed by atoms with van der Waals surface area (Å²) in [6, 6.07) is 16.3. The summed E-state index contributed by atoms with van der Waals surface area (Å²) in [7, 11) is 0. The zero-order valence-corrected chi connectivity index (χ0v) is 12.5. The zero-order valence-electron chi connectivity index (χ0n) is 12.5. The lowest BCUT2D eigenvalue weighted by atomic mass is 10.1. The lowest BCUT2D eigenvalue weighted by Gasteiger charge is -2.08. The third-order valence-electron chi connectivity index (χ3n) is 3.30. The highest BCUT2D eigenvalue weighted by Gasteiger charge is 2.09. The van der Waals surface area contributed by atoms with Crippen LogP contribution in [0.5, 0.6) is 0 Å². The van der Waals surface area contributed by atoms with Crippen LogP contribution in [-0.4, -0.2) is 15.7 Å². The summed E-state index contributed by atoms with van der Waals surface area (Å²) >= 11 is 0. The lowest BCUT2D eigenvalue weighted by molar-refractivity contribution is 0.627. The molecule has 0 saturated carbocycles. The highest BCUT2D eigenvalue weighted by Crippen LogP contribution is 2.15. The molecule has 3 rings (SSSR count). The molecule has 5 nitrogen and oxygen atoms in total. The topological polar surface area (TPSA) is 85.5 Å². The van der Waals surface area contributed by atoms with Crippen LogP contribution >= 0.6 is 0 Å². The maximum absolute atomic E-state index is 13.3. The Morgan fingerprint density at radius 1 is 1.12 bits per heavy atom. The summed E-state index contributed by atoms with van der Waals surface area (Å²) < 4.78 is 13.3. The van der Waals surface area contributed by atoms with E-state index in [4.69, 9.17) is 10.7 Å². The predicted molar refractivity (Wildman–Crippen MR) is 88.8 cm³/mol. The van der Waals surface area contributed by atoms with Gasteiger partial charge in [0.2, 0.25) is 5.95 Å². The van der Waals surface area contributed by atoms with Crippen molar-refractivity contribution in [3.63, 3.8) is 0 Å². The first-order valence-electron chi connectivity index (χ1n) is 7.11. The molecule has 2 aromatic carbocycles. The summed E-state index contributed by atoms with van der Waals surface area (Å²) in [5.74, 6) is -0.0828. The van der Waals surface area contributed by atoms with Crippen LogP contribution in [0.3, 0.4) is 0 Å². The van der Waals surface area contributed by atoms with Crippen LogP contribution in [0, 0.1) is 22.6 Å². The maximum Gasteiger partial charge on any atom is 0.227 e. The van der Waals surface area contributed by atoms with Crippen LogP contribution in [0.15, 0.2) is 60.8 Å². The van der Waals surface area contributed by atoms with E-state index in [1.54, 1.807) is 42.5 Å². The number of hydrogen-bond donors (Lipinski definition) is 2. The number of nitrogens with zero attached hydrogens (tertiary/aromatic N) is 3. The van der Waals surface area contributed by atoms with E-state index in [2.05, 4.69) is 15.3 Å². The minimum atomic E-state index is -0.401. The van der Waals surface area contributed by atoms with Gasteiger partial charge in [-0.05, 0) is 42.5 Å². The Morgan fingerprint density at radius 3 is 2.62 bits per heavy atom. The summed E-state index contributed by atoms with van der Waals surface area (Å²) in [6.45, 7) is 0. The molecular formula is C18H12FN5. The van der Waals surface area contributed by atoms with Crippen LogP contribution in [0.4, 0.5) is 16.0 Å². The second-order valence-corrected chi connectivity index (χ2v) is 4.96. The number of hydrogen-bond acceptors (Lipinski definition) is 5. The molecule has 3 aromatic rings. The first-order valence-corrected chi connectivity index (χ1v) is 7.11. The van der Waals surface area contributed by atoms with Crippen LogP contribution in [0.2, 0.25) is 0 Å². The number of nitriles is 1. The predicted octanol–water partition coefficient (Wildman–Crippen LogP) is 3.65. The second-order valence-electron chi connectivity index (χ2n) is 4.96. The standard InChI is InChI=1S/C18H12FN5/c19-14-3-1-2-13(10-14)17(21)16-8-9-22-18(24-16)23-15-6-4-12(11-20)5-7-15/h1-10,21H,(H,22,23,24). The van der Waals surface area contributed by atoms with Gasteiger partial charge in [0.1, 0.15) is 5.82 Å². The molecule has 6 heteroatoms. The van der Waals surface area contributed by atoms with Gasteiger partial charge in [0.05, 0.1) is 23.0 Å². The van der Waals surface area contributed by atoms with Crippen LogP contribution in [0.1, 0.15) is 16.8 Å². The molecule has 0 aliphatic heterocycles. The average molecular weight is 317 g/mol. The SMILES string of the molecule is N#Cc1ccc(Nc2nccc(C(=N)c3cccc(F)c3)n2)cc1. The number of halogens is 1. The normalized spacial score (nSPS) is 10.0. The Morgan fingerprint density at radius 2 is 1.92 bits per heavy atom. The van der Waals surface area contributed by atoms with Gasteiger partial charge < -0.3 is 5.32 Å². The number of nitrogens with one attached hydrogen (secondary N) is 2. The summed E-state index contributed by atoms with van der Waals surface area (Å²) in [6.07, 6.45) is 1.53. The Balaban J connectivity index is 1.83. The van der Waals surface area contributed by atoms with Gasteiger partial charge in [-0.1, -0.05) is 12.1 Å². The van der Waals surface area contributed by atoms with Crippen molar-refractivity contribution in [3.05, 3.63) is 83.4 Å². The van der Waals surface area contributed by atoms with Gasteiger partial charge in [0, 0.05) is 17.4 Å². The fourth-order valence-electron chi connectivity index (χ4n) is 2.11. The van der Waals surface area contributed by atoms with E-state index in [9.17, 15) is 4.39 Å². The van der Waals surface area contributed by atoms with Crippen molar-refractivity contribution >= 4 is 17.3 Å². The monoisotopic (exact) mass is 317 g/mol. The first-order chi connectivity index (χ1) is 11.7. The van der Waals surface area contributed by atoms with Gasteiger partial charge in [-0.25, -0.2) is 14.4 Å². The summed E-state index contributed by atoms with van der Waals surface area (Å²) in [5, 5.41) is 20.0. The number of benzene rings is 2. The van der Waals surface area contributed by atoms with E-state index in [1.165, 1.54) is 18.3 Å². The van der Waals surface area contributed by atoms with E-state index in [0.717, 1.165) is 5.69 Å². The molecule has 0 bridgehead atoms. The fourth-order valence-corrected chi connectivity index (χ4v) is 2.11. The Kier molecular flexibility index (Phi) is 4.25. The Hall–Kier alpha value is -3.59. The third-order valence-corrected chi connectivity index (χ3v) is 3.30. The highest BCUT2D eigenvalue weighted by atomic mass is 19.1. The van der Waals surface area contributed by atoms with Crippen molar-refractivity contribution in [2.24, 2.45) is 0 Å². The molecule has 1 aromatic heterocycles. The van der Waals surface area contributed by atoms with Crippen molar-refractivity contribution < 1.29 is 4.39 Å². The molecular weight excluding hydrogens is 305 g/mol. The smallest absolute Gasteiger partial charge is 0.227 e. The van der Waals surface area contributed by atoms with Crippen molar-refractivity contribution in [1.29, 1.82) is 10.7 Å². The average Bonchev–Trinajstić information content (AvgIpc) is 2.62. The molecule has 0 atom stereocenters. The molecule has 0 saturated heterocycles. The molecule has 24 heavy (non-hydrogen) atoms. The summed E-state index contributed by atoms with van der Waals surface area (Å²) in [4.78, 5) is 8.40. The van der Waals surface area contributed by atoms with Crippen LogP contribution in [0.25, 0.3) is 0 Å². The maximum atomic E-state index is 13.3. The van der Waals surface area contributed by atoms with Gasteiger partial charge in [-0.3, -0.25) is 5.41 Å². The molecule has 1 heterocycles. The lowest BCUT2D eigenvalue weighted by Crippen LogP contribution is -2.07. The van der Waals surface area contributed by atoms with E-state index in [-0.39, 0.29) is 5.71 Å². The van der Waals surface area contributed by atoms with Crippen LogP contribution in [-0.2, 0) is 0 Å². The number of aromatic nitrogens is 2. The van der Waals surface area contributed by atoms with Crippen LogP contribution < -0.4 is 5.32 Å². The molecule has 116 valence electrons. The van der Waals surface area contributed by atoms with Crippen molar-refractivity contribution in [3.8, 4) is 6.07 Å². The molecule has 0 radical (unpaired) electrons. The number of rotatable bonds is 4. The van der Waals surface area contributed by atoms with Gasteiger partial charge in [-0.2, -0.15) is 5.26 Å². The number of anilines is 2. The van der Waals surface area contributed by atoms with Gasteiger partial charge in [0.25, 0.3) is 0 Å². The second kappa shape index (κ2) is 6.67. The molecule has 0 fully saturated rings. The summed E-state index contributed by atoms with van der Waals surface area (Å²) in [5.41, 5.74) is 2.22. The van der Waals surface area contributed by atoms with Gasteiger partial charge in [-0.15, -0.1) is 0 Å². The molecule has 0 amide bonds. The molecule has 0 spiro atoms.